The van der Waals surface area contributed by atoms with E-state index in [4.69, 9.17) is 17.3 Å². The highest BCUT2D eigenvalue weighted by molar-refractivity contribution is 7.89. The molecular formula is C12H16ClFN2O2S. The molecular weight excluding hydrogens is 291 g/mol. The van der Waals surface area contributed by atoms with Crippen LogP contribution in [-0.4, -0.2) is 31.9 Å². The second-order valence-electron chi connectivity index (χ2n) is 4.87. The average Bonchev–Trinajstić information content (AvgIpc) is 2.35. The molecule has 0 spiro atoms. The molecule has 0 radical (unpaired) electrons. The van der Waals surface area contributed by atoms with E-state index < -0.39 is 15.8 Å². The fourth-order valence-corrected chi connectivity index (χ4v) is 3.84. The first-order chi connectivity index (χ1) is 8.82. The Morgan fingerprint density at radius 1 is 1.47 bits per heavy atom. The molecule has 0 aliphatic carbocycles. The molecule has 2 rings (SSSR count). The zero-order chi connectivity index (χ0) is 14.2. The van der Waals surface area contributed by atoms with Gasteiger partial charge in [0.15, 0.2) is 0 Å². The van der Waals surface area contributed by atoms with Crippen molar-refractivity contribution in [1.29, 1.82) is 0 Å². The Bertz CT molecular complexity index is 579. The third-order valence-electron chi connectivity index (χ3n) is 3.51. The summed E-state index contributed by atoms with van der Waals surface area (Å²) in [4.78, 5) is 0.000605. The number of halogens is 2. The Kier molecular flexibility index (Phi) is 4.15. The van der Waals surface area contributed by atoms with Crippen molar-refractivity contribution in [3.8, 4) is 0 Å². The molecule has 0 amide bonds. The largest absolute Gasteiger partial charge is 0.326 e. The molecule has 1 aliphatic rings. The molecule has 106 valence electrons. The van der Waals surface area contributed by atoms with Crippen LogP contribution >= 0.6 is 11.6 Å². The smallest absolute Gasteiger partial charge is 0.243 e. The van der Waals surface area contributed by atoms with Crippen LogP contribution in [0.1, 0.15) is 13.3 Å². The highest BCUT2D eigenvalue weighted by atomic mass is 35.5. The molecule has 1 fully saturated rings. The van der Waals surface area contributed by atoms with Gasteiger partial charge >= 0.3 is 0 Å². The molecule has 2 N–H and O–H groups in total. The van der Waals surface area contributed by atoms with Crippen molar-refractivity contribution in [2.75, 3.05) is 13.1 Å². The molecule has 1 saturated heterocycles. The molecule has 0 saturated carbocycles. The van der Waals surface area contributed by atoms with Crippen LogP contribution in [0.25, 0.3) is 0 Å². The average molecular weight is 307 g/mol. The Labute approximate surface area is 117 Å². The molecule has 1 aromatic carbocycles. The van der Waals surface area contributed by atoms with E-state index >= 15 is 0 Å². The normalized spacial score (nSPS) is 25.5. The van der Waals surface area contributed by atoms with Gasteiger partial charge in [-0.3, -0.25) is 0 Å². The van der Waals surface area contributed by atoms with Gasteiger partial charge in [-0.25, -0.2) is 12.8 Å². The molecule has 1 aromatic rings. The summed E-state index contributed by atoms with van der Waals surface area (Å²) in [5.74, 6) is -0.340. The van der Waals surface area contributed by atoms with Gasteiger partial charge in [0, 0.05) is 19.1 Å². The van der Waals surface area contributed by atoms with Crippen molar-refractivity contribution in [2.24, 2.45) is 11.7 Å². The van der Waals surface area contributed by atoms with Crippen LogP contribution in [0.3, 0.4) is 0 Å². The molecule has 1 aliphatic heterocycles. The van der Waals surface area contributed by atoms with Crippen LogP contribution in [0.2, 0.25) is 5.02 Å². The van der Waals surface area contributed by atoms with Crippen molar-refractivity contribution in [3.05, 3.63) is 29.0 Å². The van der Waals surface area contributed by atoms with Gasteiger partial charge in [-0.2, -0.15) is 4.31 Å². The molecule has 2 atom stereocenters. The lowest BCUT2D eigenvalue weighted by atomic mass is 9.96. The second kappa shape index (κ2) is 5.36. The second-order valence-corrected chi connectivity index (χ2v) is 7.21. The van der Waals surface area contributed by atoms with E-state index in [1.807, 2.05) is 6.92 Å². The fourth-order valence-electron chi connectivity index (χ4n) is 2.07. The molecule has 0 aromatic heterocycles. The molecule has 0 bridgehead atoms. The van der Waals surface area contributed by atoms with Gasteiger partial charge in [0.05, 0.1) is 9.92 Å². The maximum Gasteiger partial charge on any atom is 0.243 e. The minimum Gasteiger partial charge on any atom is -0.326 e. The Morgan fingerprint density at radius 2 is 2.16 bits per heavy atom. The number of piperidine rings is 1. The van der Waals surface area contributed by atoms with Gasteiger partial charge in [-0.1, -0.05) is 18.5 Å². The monoisotopic (exact) mass is 306 g/mol. The summed E-state index contributed by atoms with van der Waals surface area (Å²) >= 11 is 5.63. The minimum absolute atomic E-state index is 0.000605. The van der Waals surface area contributed by atoms with Crippen molar-refractivity contribution in [3.63, 3.8) is 0 Å². The van der Waals surface area contributed by atoms with E-state index in [1.54, 1.807) is 0 Å². The molecule has 7 heteroatoms. The first kappa shape index (κ1) is 14.7. The Balaban J connectivity index is 2.29. The van der Waals surface area contributed by atoms with Crippen molar-refractivity contribution in [2.45, 2.75) is 24.3 Å². The lowest BCUT2D eigenvalue weighted by Gasteiger charge is -2.34. The van der Waals surface area contributed by atoms with Gasteiger partial charge in [0.1, 0.15) is 5.82 Å². The van der Waals surface area contributed by atoms with Crippen molar-refractivity contribution in [1.82, 2.24) is 4.31 Å². The summed E-state index contributed by atoms with van der Waals surface area (Å²) in [5, 5.41) is -0.198. The van der Waals surface area contributed by atoms with E-state index in [2.05, 4.69) is 0 Å². The summed E-state index contributed by atoms with van der Waals surface area (Å²) in [6.45, 7) is 2.70. The maximum atomic E-state index is 13.1. The topological polar surface area (TPSA) is 63.4 Å². The predicted octanol–water partition coefficient (Wildman–Crippen LogP) is 1.84. The highest BCUT2D eigenvalue weighted by Crippen LogP contribution is 2.25. The number of hydrogen-bond acceptors (Lipinski definition) is 3. The Hall–Kier alpha value is -0.690. The lowest BCUT2D eigenvalue weighted by molar-refractivity contribution is 0.253. The highest BCUT2D eigenvalue weighted by Gasteiger charge is 2.32. The van der Waals surface area contributed by atoms with Crippen LogP contribution in [0.4, 0.5) is 4.39 Å². The van der Waals surface area contributed by atoms with Gasteiger partial charge < -0.3 is 5.73 Å². The number of hydrogen-bond donors (Lipinski definition) is 1. The van der Waals surface area contributed by atoms with Crippen LogP contribution < -0.4 is 5.73 Å². The van der Waals surface area contributed by atoms with E-state index in [9.17, 15) is 12.8 Å². The maximum absolute atomic E-state index is 13.1. The first-order valence-electron chi connectivity index (χ1n) is 6.03. The number of benzene rings is 1. The van der Waals surface area contributed by atoms with Crippen LogP contribution in [0.5, 0.6) is 0 Å². The number of rotatable bonds is 2. The van der Waals surface area contributed by atoms with Crippen LogP contribution in [0, 0.1) is 11.7 Å². The zero-order valence-corrected chi connectivity index (χ0v) is 12.1. The summed E-state index contributed by atoms with van der Waals surface area (Å²) in [6, 6.07) is 3.23. The molecule has 19 heavy (non-hydrogen) atoms. The molecule has 2 unspecified atom stereocenters. The summed E-state index contributed by atoms with van der Waals surface area (Å²) in [6.07, 6.45) is 0.718. The first-order valence-corrected chi connectivity index (χ1v) is 7.85. The van der Waals surface area contributed by atoms with E-state index in [0.29, 0.717) is 12.5 Å². The summed E-state index contributed by atoms with van der Waals surface area (Å²) < 4.78 is 39.2. The standard InChI is InChI=1S/C12H16ClFN2O2S/c1-8-4-5-16(7-12(8)15)19(17,18)9-2-3-11(14)10(13)6-9/h2-3,6,8,12H,4-5,7,15H2,1H3. The third-order valence-corrected chi connectivity index (χ3v) is 5.66. The third kappa shape index (κ3) is 2.91. The molecule has 4 nitrogen and oxygen atoms in total. The Morgan fingerprint density at radius 3 is 2.74 bits per heavy atom. The van der Waals surface area contributed by atoms with Crippen molar-refractivity contribution < 1.29 is 12.8 Å². The number of sulfonamides is 1. The number of nitrogens with zero attached hydrogens (tertiary/aromatic N) is 1. The van der Waals surface area contributed by atoms with E-state index in [1.165, 1.54) is 10.4 Å². The van der Waals surface area contributed by atoms with Crippen molar-refractivity contribution >= 4 is 21.6 Å². The quantitative estimate of drug-likeness (QED) is 0.907. The summed E-state index contributed by atoms with van der Waals surface area (Å²) in [7, 11) is -3.66. The SMILES string of the molecule is CC1CCN(S(=O)(=O)c2ccc(F)c(Cl)c2)CC1N. The van der Waals surface area contributed by atoms with Gasteiger partial charge in [-0.15, -0.1) is 0 Å². The fraction of sp³-hybridized carbons (Fsp3) is 0.500. The van der Waals surface area contributed by atoms with Crippen LogP contribution in [-0.2, 0) is 10.0 Å². The zero-order valence-electron chi connectivity index (χ0n) is 10.5. The predicted molar refractivity (Wildman–Crippen MR) is 71.9 cm³/mol. The van der Waals surface area contributed by atoms with E-state index in [0.717, 1.165) is 18.6 Å². The van der Waals surface area contributed by atoms with Crippen LogP contribution in [0.15, 0.2) is 23.1 Å². The lowest BCUT2D eigenvalue weighted by Crippen LogP contribution is -2.49. The van der Waals surface area contributed by atoms with Gasteiger partial charge in [0.25, 0.3) is 0 Å². The molecule has 1 heterocycles. The van der Waals surface area contributed by atoms with Gasteiger partial charge in [-0.05, 0) is 30.5 Å². The van der Waals surface area contributed by atoms with E-state index in [-0.39, 0.29) is 22.5 Å². The van der Waals surface area contributed by atoms with Gasteiger partial charge in [0.2, 0.25) is 10.0 Å². The minimum atomic E-state index is -3.66. The number of nitrogens with two attached hydrogens (primary N) is 1. The summed E-state index contributed by atoms with van der Waals surface area (Å²) in [5.41, 5.74) is 5.91.